The van der Waals surface area contributed by atoms with Crippen LogP contribution in [0.25, 0.3) is 16.7 Å². The molecule has 5 nitrogen and oxygen atoms in total. The van der Waals surface area contributed by atoms with E-state index < -0.39 is 68.1 Å². The van der Waals surface area contributed by atoms with Gasteiger partial charge in [0.25, 0.3) is 0 Å². The lowest BCUT2D eigenvalue weighted by atomic mass is 10.2. The Kier molecular flexibility index (Phi) is 3.99. The number of alkyl halides is 8. The summed E-state index contributed by atoms with van der Waals surface area (Å²) in [7, 11) is 0. The molecule has 0 radical (unpaired) electrons. The van der Waals surface area contributed by atoms with Gasteiger partial charge in [0.1, 0.15) is 17.2 Å². The summed E-state index contributed by atoms with van der Waals surface area (Å²) in [6.45, 7) is 0. The molecule has 2 aromatic heterocycles. The summed E-state index contributed by atoms with van der Waals surface area (Å²) in [6.07, 6.45) is -9.94. The van der Waals surface area contributed by atoms with E-state index in [1.54, 1.807) is 5.32 Å². The molecule has 29 heavy (non-hydrogen) atoms. The summed E-state index contributed by atoms with van der Waals surface area (Å²) in [6, 6.07) is -3.08. The van der Waals surface area contributed by atoms with Crippen LogP contribution in [0.1, 0.15) is 17.1 Å². The predicted octanol–water partition coefficient (Wildman–Crippen LogP) is 5.63. The summed E-state index contributed by atoms with van der Waals surface area (Å²) in [5.41, 5.74) is -3.73. The highest BCUT2D eigenvalue weighted by molar-refractivity contribution is 6.38. The Morgan fingerprint density at radius 1 is 0.931 bits per heavy atom. The smallest absolute Gasteiger partial charge is 0.305 e. The van der Waals surface area contributed by atoms with Crippen LogP contribution in [-0.2, 0) is 18.4 Å². The fourth-order valence-electron chi connectivity index (χ4n) is 2.76. The lowest BCUT2D eigenvalue weighted by molar-refractivity contribution is -0.145. The van der Waals surface area contributed by atoms with Crippen LogP contribution < -0.4 is 5.32 Å². The average molecular weight is 464 g/mol. The molecule has 1 aromatic carbocycles. The zero-order chi connectivity index (χ0) is 21.5. The quantitative estimate of drug-likeness (QED) is 0.375. The normalized spacial score (nSPS) is 15.8. The van der Waals surface area contributed by atoms with E-state index in [2.05, 4.69) is 15.1 Å². The van der Waals surface area contributed by atoms with Crippen molar-refractivity contribution in [2.24, 2.45) is 0 Å². The van der Waals surface area contributed by atoms with E-state index >= 15 is 0 Å². The molecule has 0 saturated heterocycles. The van der Waals surface area contributed by atoms with Crippen molar-refractivity contribution in [1.82, 2.24) is 19.7 Å². The Bertz CT molecular complexity index is 1140. The Morgan fingerprint density at radius 2 is 1.52 bits per heavy atom. The van der Waals surface area contributed by atoms with Crippen molar-refractivity contribution in [2.45, 2.75) is 18.4 Å². The summed E-state index contributed by atoms with van der Waals surface area (Å²) in [4.78, 5) is 6.01. The second-order valence-corrected chi connectivity index (χ2v) is 6.65. The third-order valence-corrected chi connectivity index (χ3v) is 4.49. The molecule has 15 heteroatoms. The van der Waals surface area contributed by atoms with Gasteiger partial charge in [-0.2, -0.15) is 35.1 Å². The van der Waals surface area contributed by atoms with E-state index in [0.29, 0.717) is 16.8 Å². The van der Waals surface area contributed by atoms with Crippen LogP contribution in [0, 0.1) is 0 Å². The number of anilines is 1. The third kappa shape index (κ3) is 3.03. The molecule has 0 saturated carbocycles. The molecule has 1 N–H and O–H groups in total. The maximum Gasteiger partial charge on any atom is 0.451 e. The number of hydrogen-bond acceptors (Lipinski definition) is 4. The van der Waals surface area contributed by atoms with Gasteiger partial charge >= 0.3 is 18.4 Å². The fraction of sp³-hybridized carbons (Fsp3) is 0.214. The summed E-state index contributed by atoms with van der Waals surface area (Å²) >= 11 is 11.7. The standard InChI is InChI=1S/C14H3Cl2F8N5/c15-4-1-3(12(17,18)19)2-5(16)7(4)29-10-6-8(14(23,24)27-10)25-11(13(20,21)22)26-9(6)28-29/h1-2,27H. The van der Waals surface area contributed by atoms with Gasteiger partial charge < -0.3 is 5.32 Å². The minimum atomic E-state index is -5.14. The molecule has 4 rings (SSSR count). The molecule has 1 aliphatic rings. The van der Waals surface area contributed by atoms with Crippen LogP contribution in [-0.4, -0.2) is 19.7 Å². The van der Waals surface area contributed by atoms with Crippen molar-refractivity contribution in [3.8, 4) is 5.69 Å². The van der Waals surface area contributed by atoms with Gasteiger partial charge in [0.15, 0.2) is 5.65 Å². The molecular formula is C14H3Cl2F8N5. The first kappa shape index (κ1) is 19.9. The maximum absolute atomic E-state index is 14.2. The lowest BCUT2D eigenvalue weighted by Crippen LogP contribution is -2.25. The molecule has 0 atom stereocenters. The van der Waals surface area contributed by atoms with E-state index in [0.717, 1.165) is 0 Å². The number of hydrogen-bond donors (Lipinski definition) is 1. The molecule has 0 aliphatic carbocycles. The number of nitrogens with one attached hydrogen (secondary N) is 1. The minimum Gasteiger partial charge on any atom is -0.305 e. The Labute approximate surface area is 164 Å². The molecule has 3 aromatic rings. The van der Waals surface area contributed by atoms with Crippen molar-refractivity contribution in [2.75, 3.05) is 5.32 Å². The van der Waals surface area contributed by atoms with E-state index in [4.69, 9.17) is 23.2 Å². The van der Waals surface area contributed by atoms with Crippen molar-refractivity contribution < 1.29 is 35.1 Å². The Balaban J connectivity index is 2.01. The number of rotatable bonds is 1. The summed E-state index contributed by atoms with van der Waals surface area (Å²) in [5.74, 6) is -2.43. The number of nitrogens with zero attached hydrogens (tertiary/aromatic N) is 4. The predicted molar refractivity (Wildman–Crippen MR) is 84.2 cm³/mol. The van der Waals surface area contributed by atoms with Crippen LogP contribution >= 0.6 is 23.2 Å². The van der Waals surface area contributed by atoms with Crippen LogP contribution in [0.3, 0.4) is 0 Å². The van der Waals surface area contributed by atoms with Gasteiger partial charge in [0, 0.05) is 0 Å². The SMILES string of the molecule is FC(F)(F)c1cc(Cl)c(-n2nc3nc(C(F)(F)F)nc4c3c2NC4(F)F)c(Cl)c1. The minimum absolute atomic E-state index is 0.459. The largest absolute Gasteiger partial charge is 0.451 e. The van der Waals surface area contributed by atoms with Gasteiger partial charge in [-0.25, -0.2) is 14.6 Å². The summed E-state index contributed by atoms with van der Waals surface area (Å²) in [5, 5.41) is 3.49. The van der Waals surface area contributed by atoms with Crippen molar-refractivity contribution in [1.29, 1.82) is 0 Å². The number of benzene rings is 1. The van der Waals surface area contributed by atoms with E-state index in [1.807, 2.05) is 0 Å². The van der Waals surface area contributed by atoms with Crippen molar-refractivity contribution >= 4 is 40.1 Å². The highest BCUT2D eigenvalue weighted by Crippen LogP contribution is 2.47. The van der Waals surface area contributed by atoms with E-state index in [9.17, 15) is 35.1 Å². The van der Waals surface area contributed by atoms with Crippen molar-refractivity contribution in [3.63, 3.8) is 0 Å². The molecule has 3 heterocycles. The Morgan fingerprint density at radius 3 is 2.03 bits per heavy atom. The monoisotopic (exact) mass is 463 g/mol. The van der Waals surface area contributed by atoms with Crippen LogP contribution in [0.5, 0.6) is 0 Å². The van der Waals surface area contributed by atoms with Gasteiger partial charge in [0.05, 0.1) is 21.0 Å². The summed E-state index contributed by atoms with van der Waals surface area (Å²) < 4.78 is 106. The maximum atomic E-state index is 14.2. The topological polar surface area (TPSA) is 55.6 Å². The van der Waals surface area contributed by atoms with Gasteiger partial charge in [-0.1, -0.05) is 23.2 Å². The highest BCUT2D eigenvalue weighted by Gasteiger charge is 2.48. The zero-order valence-electron chi connectivity index (χ0n) is 13.2. The van der Waals surface area contributed by atoms with Crippen LogP contribution in [0.2, 0.25) is 10.0 Å². The molecule has 0 unspecified atom stereocenters. The van der Waals surface area contributed by atoms with Crippen LogP contribution in [0.4, 0.5) is 40.9 Å². The molecule has 0 bridgehead atoms. The molecule has 0 spiro atoms. The van der Waals surface area contributed by atoms with Crippen molar-refractivity contribution in [3.05, 3.63) is 39.3 Å². The van der Waals surface area contributed by atoms with Gasteiger partial charge in [-0.3, -0.25) is 0 Å². The second kappa shape index (κ2) is 5.81. The molecule has 0 fully saturated rings. The second-order valence-electron chi connectivity index (χ2n) is 5.84. The number of aromatic nitrogens is 4. The highest BCUT2D eigenvalue weighted by atomic mass is 35.5. The van der Waals surface area contributed by atoms with Gasteiger partial charge in [-0.05, 0) is 12.1 Å². The first-order valence-electron chi connectivity index (χ1n) is 7.31. The average Bonchev–Trinajstić information content (AvgIpc) is 3.02. The van der Waals surface area contributed by atoms with E-state index in [1.165, 1.54) is 0 Å². The van der Waals surface area contributed by atoms with E-state index in [-0.39, 0.29) is 0 Å². The first-order valence-corrected chi connectivity index (χ1v) is 8.07. The van der Waals surface area contributed by atoms with Gasteiger partial charge in [0.2, 0.25) is 5.82 Å². The Hall–Kier alpha value is -2.41. The first-order chi connectivity index (χ1) is 13.2. The molecule has 0 amide bonds. The lowest BCUT2D eigenvalue weighted by Gasteiger charge is -2.16. The molecule has 1 aliphatic heterocycles. The molecule has 154 valence electrons. The molecular weight excluding hydrogens is 461 g/mol. The van der Waals surface area contributed by atoms with Crippen LogP contribution in [0.15, 0.2) is 12.1 Å². The zero-order valence-corrected chi connectivity index (χ0v) is 14.7. The fourth-order valence-corrected chi connectivity index (χ4v) is 3.41. The number of halogens is 10. The van der Waals surface area contributed by atoms with Gasteiger partial charge in [-0.15, -0.1) is 5.10 Å². The third-order valence-electron chi connectivity index (χ3n) is 3.92.